The minimum absolute atomic E-state index is 0.0689. The molecule has 0 aromatic carbocycles. The van der Waals surface area contributed by atoms with Crippen LogP contribution in [0.4, 0.5) is 0 Å². The second kappa shape index (κ2) is 3.91. The van der Waals surface area contributed by atoms with Crippen molar-refractivity contribution < 1.29 is 7.58 Å². The third kappa shape index (κ3) is 10.5. The van der Waals surface area contributed by atoms with Crippen LogP contribution >= 0.6 is 0 Å². The van der Waals surface area contributed by atoms with E-state index in [2.05, 4.69) is 0 Å². The molecular formula is C8H18AlO2+. The molecule has 3 heteroatoms. The van der Waals surface area contributed by atoms with E-state index in [0.29, 0.717) is 0 Å². The van der Waals surface area contributed by atoms with Crippen LogP contribution in [-0.2, 0) is 7.58 Å². The predicted octanol–water partition coefficient (Wildman–Crippen LogP) is 2.15. The van der Waals surface area contributed by atoms with Crippen molar-refractivity contribution in [2.45, 2.75) is 52.7 Å². The van der Waals surface area contributed by atoms with E-state index in [4.69, 9.17) is 7.58 Å². The zero-order valence-electron chi connectivity index (χ0n) is 8.39. The summed E-state index contributed by atoms with van der Waals surface area (Å²) >= 11 is -0.331. The molecule has 0 aliphatic heterocycles. The van der Waals surface area contributed by atoms with E-state index < -0.39 is 0 Å². The molecule has 0 amide bonds. The third-order valence-electron chi connectivity index (χ3n) is 0.803. The molecule has 0 radical (unpaired) electrons. The first-order valence-electron chi connectivity index (χ1n) is 3.88. The zero-order valence-corrected chi connectivity index (χ0v) is 9.55. The van der Waals surface area contributed by atoms with Gasteiger partial charge in [-0.3, -0.25) is 0 Å². The standard InChI is InChI=1S/2C4H9O.Al/c2*1-4(2,3)5;/h2*1-3H3;/q2*-1;+3. The number of rotatable bonds is 2. The topological polar surface area (TPSA) is 18.5 Å². The van der Waals surface area contributed by atoms with Crippen LogP contribution in [0, 0.1) is 0 Å². The average molecular weight is 173 g/mol. The van der Waals surface area contributed by atoms with E-state index in [9.17, 15) is 0 Å². The van der Waals surface area contributed by atoms with E-state index in [-0.39, 0.29) is 27.1 Å². The Balaban J connectivity index is 3.44. The van der Waals surface area contributed by atoms with Gasteiger partial charge in [-0.15, -0.1) is 0 Å². The Morgan fingerprint density at radius 2 is 1.00 bits per heavy atom. The Morgan fingerprint density at radius 1 is 0.727 bits per heavy atom. The van der Waals surface area contributed by atoms with Crippen LogP contribution in [-0.4, -0.2) is 27.1 Å². The molecule has 0 heterocycles. The number of hydrogen-bond acceptors (Lipinski definition) is 2. The molecule has 0 rings (SSSR count). The average Bonchev–Trinajstić information content (AvgIpc) is 1.55. The van der Waals surface area contributed by atoms with E-state index in [1.165, 1.54) is 0 Å². The van der Waals surface area contributed by atoms with Gasteiger partial charge in [0, 0.05) is 0 Å². The molecule has 64 valence electrons. The summed E-state index contributed by atoms with van der Waals surface area (Å²) in [7, 11) is 0. The van der Waals surface area contributed by atoms with Crippen LogP contribution in [0.3, 0.4) is 0 Å². The summed E-state index contributed by atoms with van der Waals surface area (Å²) in [6, 6.07) is 0. The molecule has 0 N–H and O–H groups in total. The second-order valence-electron chi connectivity index (χ2n) is 4.56. The maximum atomic E-state index is 5.47. The fraction of sp³-hybridized carbons (Fsp3) is 1.00. The molecule has 2 nitrogen and oxygen atoms in total. The molecule has 0 saturated carbocycles. The maximum absolute atomic E-state index is 5.47. The summed E-state index contributed by atoms with van der Waals surface area (Å²) in [4.78, 5) is 0. The molecule has 0 bridgehead atoms. The van der Waals surface area contributed by atoms with Crippen molar-refractivity contribution in [2.24, 2.45) is 0 Å². The van der Waals surface area contributed by atoms with Gasteiger partial charge in [-0.05, 0) is 0 Å². The van der Waals surface area contributed by atoms with Gasteiger partial charge in [0.2, 0.25) is 0 Å². The van der Waals surface area contributed by atoms with E-state index in [0.717, 1.165) is 0 Å². The molecule has 11 heavy (non-hydrogen) atoms. The fourth-order valence-electron chi connectivity index (χ4n) is 0.313. The predicted molar refractivity (Wildman–Crippen MR) is 47.4 cm³/mol. The molecule has 0 aliphatic carbocycles. The summed E-state index contributed by atoms with van der Waals surface area (Å²) in [6.07, 6.45) is 0. The Bertz CT molecular complexity index is 96.2. The molecule has 0 spiro atoms. The van der Waals surface area contributed by atoms with Crippen LogP contribution in [0.5, 0.6) is 0 Å². The van der Waals surface area contributed by atoms with Crippen LogP contribution < -0.4 is 0 Å². The first-order valence-corrected chi connectivity index (χ1v) is 4.82. The van der Waals surface area contributed by atoms with Gasteiger partial charge in [-0.2, -0.15) is 0 Å². The summed E-state index contributed by atoms with van der Waals surface area (Å²) in [5.41, 5.74) is -0.138. The van der Waals surface area contributed by atoms with Gasteiger partial charge in [0.15, 0.2) is 0 Å². The molecular weight excluding hydrogens is 155 g/mol. The first kappa shape index (κ1) is 11.5. The second-order valence-corrected chi connectivity index (χ2v) is 5.22. The molecule has 0 aliphatic rings. The molecule has 0 saturated heterocycles. The fourth-order valence-corrected chi connectivity index (χ4v) is 0.938. The zero-order chi connectivity index (χ0) is 9.12. The van der Waals surface area contributed by atoms with Crippen molar-refractivity contribution in [1.82, 2.24) is 0 Å². The molecule has 0 unspecified atom stereocenters. The van der Waals surface area contributed by atoms with Gasteiger partial charge in [0.05, 0.1) is 0 Å². The van der Waals surface area contributed by atoms with E-state index >= 15 is 0 Å². The Hall–Kier alpha value is 0.452. The Kier molecular flexibility index (Phi) is 4.07. The summed E-state index contributed by atoms with van der Waals surface area (Å²) in [6.45, 7) is 12.2. The van der Waals surface area contributed by atoms with Crippen molar-refractivity contribution >= 4 is 15.9 Å². The minimum atomic E-state index is -0.331. The van der Waals surface area contributed by atoms with Crippen LogP contribution in [0.25, 0.3) is 0 Å². The summed E-state index contributed by atoms with van der Waals surface area (Å²) in [5, 5.41) is 0. The summed E-state index contributed by atoms with van der Waals surface area (Å²) in [5.74, 6) is 0. The van der Waals surface area contributed by atoms with E-state index in [1.807, 2.05) is 41.5 Å². The van der Waals surface area contributed by atoms with Crippen molar-refractivity contribution in [3.8, 4) is 0 Å². The van der Waals surface area contributed by atoms with Crippen LogP contribution in [0.1, 0.15) is 41.5 Å². The van der Waals surface area contributed by atoms with Crippen molar-refractivity contribution in [3.63, 3.8) is 0 Å². The third-order valence-corrected chi connectivity index (χ3v) is 2.41. The van der Waals surface area contributed by atoms with Gasteiger partial charge in [-0.25, -0.2) is 0 Å². The molecule has 0 atom stereocenters. The Morgan fingerprint density at radius 3 is 1.18 bits per heavy atom. The van der Waals surface area contributed by atoms with Gasteiger partial charge in [-0.1, -0.05) is 0 Å². The number of hydrogen-bond donors (Lipinski definition) is 0. The first-order chi connectivity index (χ1) is 4.71. The van der Waals surface area contributed by atoms with Gasteiger partial charge < -0.3 is 0 Å². The quantitative estimate of drug-likeness (QED) is 0.596. The Labute approximate surface area is 76.7 Å². The molecule has 0 aromatic heterocycles. The molecule has 0 aromatic rings. The SMILES string of the molecule is CC(C)(C)[O][Al+][O]C(C)(C)C. The van der Waals surface area contributed by atoms with Gasteiger partial charge in [0.1, 0.15) is 0 Å². The van der Waals surface area contributed by atoms with Crippen molar-refractivity contribution in [2.75, 3.05) is 0 Å². The van der Waals surface area contributed by atoms with Gasteiger partial charge in [0.25, 0.3) is 0 Å². The van der Waals surface area contributed by atoms with Crippen molar-refractivity contribution in [1.29, 1.82) is 0 Å². The van der Waals surface area contributed by atoms with Crippen LogP contribution in [0.2, 0.25) is 0 Å². The monoisotopic (exact) mass is 173 g/mol. The molecule has 0 fully saturated rings. The van der Waals surface area contributed by atoms with Crippen molar-refractivity contribution in [3.05, 3.63) is 0 Å². The van der Waals surface area contributed by atoms with Crippen LogP contribution in [0.15, 0.2) is 0 Å². The normalized spacial score (nSPS) is 12.9. The van der Waals surface area contributed by atoms with E-state index in [1.54, 1.807) is 0 Å². The van der Waals surface area contributed by atoms with Gasteiger partial charge >= 0.3 is 76.2 Å². The summed E-state index contributed by atoms with van der Waals surface area (Å²) < 4.78 is 10.9.